The average Bonchev–Trinajstić information content (AvgIpc) is 2.83. The minimum absolute atomic E-state index is 0.00531. The molecule has 1 aromatic carbocycles. The number of benzene rings is 1. The topological polar surface area (TPSA) is 73.4 Å². The molecular weight excluding hydrogens is 292 g/mol. The summed E-state index contributed by atoms with van der Waals surface area (Å²) in [6.07, 6.45) is 0.898. The molecule has 1 aliphatic rings. The van der Waals surface area contributed by atoms with Crippen LogP contribution in [0, 0.1) is 18.8 Å². The van der Waals surface area contributed by atoms with Crippen molar-refractivity contribution in [1.29, 1.82) is 0 Å². The molecule has 0 saturated carbocycles. The molecule has 0 radical (unpaired) electrons. The van der Waals surface area contributed by atoms with Crippen LogP contribution in [0.2, 0.25) is 0 Å². The highest BCUT2D eigenvalue weighted by atomic mass is 16.4. The van der Waals surface area contributed by atoms with Crippen LogP contribution in [0.1, 0.15) is 24.6 Å². The Hall–Kier alpha value is -2.30. The monoisotopic (exact) mass is 314 g/mol. The summed E-state index contributed by atoms with van der Waals surface area (Å²) in [5.74, 6) is -1.02. The van der Waals surface area contributed by atoms with Crippen molar-refractivity contribution in [3.8, 4) is 0 Å². The van der Waals surface area contributed by atoms with Gasteiger partial charge in [0.05, 0.1) is 12.3 Å². The molecule has 1 aromatic heterocycles. The summed E-state index contributed by atoms with van der Waals surface area (Å²) in [5.41, 5.74) is 3.11. The number of nitrogens with zero attached hydrogens (tertiary/aromatic N) is 1. The van der Waals surface area contributed by atoms with E-state index in [4.69, 9.17) is 0 Å². The number of aromatic amines is 1. The summed E-state index contributed by atoms with van der Waals surface area (Å²) >= 11 is 0. The summed E-state index contributed by atoms with van der Waals surface area (Å²) < 4.78 is 0. The molecule has 2 N–H and O–H groups in total. The van der Waals surface area contributed by atoms with Crippen molar-refractivity contribution in [2.75, 3.05) is 13.1 Å². The van der Waals surface area contributed by atoms with Gasteiger partial charge in [-0.25, -0.2) is 0 Å². The van der Waals surface area contributed by atoms with Crippen LogP contribution >= 0.6 is 0 Å². The van der Waals surface area contributed by atoms with Crippen molar-refractivity contribution in [3.63, 3.8) is 0 Å². The van der Waals surface area contributed by atoms with Gasteiger partial charge < -0.3 is 15.0 Å². The van der Waals surface area contributed by atoms with Crippen LogP contribution in [0.4, 0.5) is 0 Å². The van der Waals surface area contributed by atoms with E-state index >= 15 is 0 Å². The number of H-pyrrole nitrogens is 1. The predicted molar refractivity (Wildman–Crippen MR) is 88.2 cm³/mol. The van der Waals surface area contributed by atoms with Gasteiger partial charge in [0.2, 0.25) is 5.91 Å². The fourth-order valence-electron chi connectivity index (χ4n) is 3.56. The van der Waals surface area contributed by atoms with E-state index in [2.05, 4.69) is 4.98 Å². The first kappa shape index (κ1) is 15.6. The first-order chi connectivity index (χ1) is 11.0. The third-order valence-corrected chi connectivity index (χ3v) is 4.93. The number of aromatic nitrogens is 1. The second-order valence-corrected chi connectivity index (χ2v) is 6.50. The normalized spacial score (nSPS) is 21.6. The maximum atomic E-state index is 12.6. The summed E-state index contributed by atoms with van der Waals surface area (Å²) in [7, 11) is 0. The second-order valence-electron chi connectivity index (χ2n) is 6.50. The first-order valence-electron chi connectivity index (χ1n) is 8.04. The summed E-state index contributed by atoms with van der Waals surface area (Å²) in [4.78, 5) is 29.0. The van der Waals surface area contributed by atoms with Crippen LogP contribution in [-0.4, -0.2) is 40.0 Å². The zero-order valence-corrected chi connectivity index (χ0v) is 13.5. The molecule has 122 valence electrons. The number of rotatable bonds is 3. The Labute approximate surface area is 135 Å². The highest BCUT2D eigenvalue weighted by Gasteiger charge is 2.33. The highest BCUT2D eigenvalue weighted by molar-refractivity contribution is 5.90. The number of para-hydroxylation sites is 1. The van der Waals surface area contributed by atoms with E-state index in [-0.39, 0.29) is 17.7 Å². The Bertz CT molecular complexity index is 750. The van der Waals surface area contributed by atoms with Gasteiger partial charge in [-0.05, 0) is 30.9 Å². The predicted octanol–water partition coefficient (Wildman–Crippen LogP) is 2.59. The molecule has 2 unspecified atom stereocenters. The molecule has 0 spiro atoms. The number of carboxylic acid groups (broad SMARTS) is 1. The summed E-state index contributed by atoms with van der Waals surface area (Å²) in [6.45, 7) is 4.95. The van der Waals surface area contributed by atoms with E-state index < -0.39 is 5.97 Å². The molecule has 0 bridgehead atoms. The van der Waals surface area contributed by atoms with Gasteiger partial charge in [0.25, 0.3) is 0 Å². The zero-order valence-electron chi connectivity index (χ0n) is 13.5. The minimum atomic E-state index is -0.753. The van der Waals surface area contributed by atoms with E-state index in [1.54, 1.807) is 0 Å². The molecule has 5 nitrogen and oxygen atoms in total. The molecule has 5 heteroatoms. The largest absolute Gasteiger partial charge is 0.481 e. The number of amides is 1. The molecule has 0 aliphatic carbocycles. The molecule has 2 heterocycles. The van der Waals surface area contributed by atoms with E-state index in [0.717, 1.165) is 22.2 Å². The number of hydrogen-bond donors (Lipinski definition) is 2. The van der Waals surface area contributed by atoms with Gasteiger partial charge in [0.15, 0.2) is 0 Å². The van der Waals surface area contributed by atoms with Gasteiger partial charge in [-0.15, -0.1) is 0 Å². The molecule has 3 rings (SSSR count). The van der Waals surface area contributed by atoms with Crippen molar-refractivity contribution in [1.82, 2.24) is 9.88 Å². The van der Waals surface area contributed by atoms with Crippen LogP contribution in [0.25, 0.3) is 10.9 Å². The Balaban J connectivity index is 1.74. The molecular formula is C18H22N2O3. The highest BCUT2D eigenvalue weighted by Crippen LogP contribution is 2.26. The number of hydrogen-bond acceptors (Lipinski definition) is 2. The molecule has 2 atom stereocenters. The van der Waals surface area contributed by atoms with Crippen LogP contribution in [0.3, 0.4) is 0 Å². The maximum absolute atomic E-state index is 12.6. The van der Waals surface area contributed by atoms with Crippen LogP contribution in [0.15, 0.2) is 24.3 Å². The number of aliphatic carboxylic acids is 1. The van der Waals surface area contributed by atoms with Crippen LogP contribution in [0.5, 0.6) is 0 Å². The lowest BCUT2D eigenvalue weighted by Crippen LogP contribution is -2.45. The second kappa shape index (κ2) is 6.07. The van der Waals surface area contributed by atoms with Gasteiger partial charge in [-0.2, -0.15) is 0 Å². The van der Waals surface area contributed by atoms with Crippen molar-refractivity contribution in [3.05, 3.63) is 35.5 Å². The van der Waals surface area contributed by atoms with E-state index in [9.17, 15) is 14.7 Å². The van der Waals surface area contributed by atoms with Gasteiger partial charge >= 0.3 is 5.97 Å². The number of carboxylic acids is 1. The molecule has 23 heavy (non-hydrogen) atoms. The standard InChI is InChI=1S/C18H22N2O3/c1-11-10-20(8-7-13(11)18(22)23)17(21)9-15-12(2)19-16-6-4-3-5-14(15)16/h3-6,11,13,19H,7-10H2,1-2H3,(H,22,23). The van der Waals surface area contributed by atoms with E-state index in [0.29, 0.717) is 25.9 Å². The number of carbonyl (C=O) groups excluding carboxylic acids is 1. The smallest absolute Gasteiger partial charge is 0.306 e. The SMILES string of the molecule is Cc1[nH]c2ccccc2c1CC(=O)N1CCC(C(=O)O)C(C)C1. The Kier molecular flexibility index (Phi) is 4.11. The minimum Gasteiger partial charge on any atom is -0.481 e. The number of piperidine rings is 1. The quantitative estimate of drug-likeness (QED) is 0.914. The molecule has 1 fully saturated rings. The molecule has 1 amide bonds. The van der Waals surface area contributed by atoms with Crippen LogP contribution < -0.4 is 0 Å². The van der Waals surface area contributed by atoms with Gasteiger partial charge in [0, 0.05) is 29.7 Å². The molecule has 2 aromatic rings. The fourth-order valence-corrected chi connectivity index (χ4v) is 3.56. The number of aryl methyl sites for hydroxylation is 1. The zero-order chi connectivity index (χ0) is 16.6. The maximum Gasteiger partial charge on any atom is 0.306 e. The van der Waals surface area contributed by atoms with Crippen molar-refractivity contribution in [2.24, 2.45) is 11.8 Å². The number of nitrogens with one attached hydrogen (secondary N) is 1. The first-order valence-corrected chi connectivity index (χ1v) is 8.04. The number of likely N-dealkylation sites (tertiary alicyclic amines) is 1. The van der Waals surface area contributed by atoms with E-state index in [1.807, 2.05) is 43.0 Å². The number of carbonyl (C=O) groups is 2. The van der Waals surface area contributed by atoms with Gasteiger partial charge in [-0.1, -0.05) is 25.1 Å². The molecule has 1 saturated heterocycles. The third kappa shape index (κ3) is 2.96. The van der Waals surface area contributed by atoms with Gasteiger partial charge in [-0.3, -0.25) is 9.59 Å². The van der Waals surface area contributed by atoms with E-state index in [1.165, 1.54) is 0 Å². The lowest BCUT2D eigenvalue weighted by molar-refractivity contribution is -0.148. The Morgan fingerprint density at radius 3 is 2.78 bits per heavy atom. The summed E-state index contributed by atoms with van der Waals surface area (Å²) in [5, 5.41) is 10.3. The third-order valence-electron chi connectivity index (χ3n) is 4.93. The Morgan fingerprint density at radius 1 is 1.35 bits per heavy atom. The van der Waals surface area contributed by atoms with Crippen molar-refractivity contribution in [2.45, 2.75) is 26.7 Å². The lowest BCUT2D eigenvalue weighted by atomic mass is 9.87. The Morgan fingerprint density at radius 2 is 2.09 bits per heavy atom. The van der Waals surface area contributed by atoms with Gasteiger partial charge in [0.1, 0.15) is 0 Å². The fraction of sp³-hybridized carbons (Fsp3) is 0.444. The van der Waals surface area contributed by atoms with Crippen molar-refractivity contribution < 1.29 is 14.7 Å². The number of fused-ring (bicyclic) bond motifs is 1. The lowest BCUT2D eigenvalue weighted by Gasteiger charge is -2.35. The summed E-state index contributed by atoms with van der Waals surface area (Å²) in [6, 6.07) is 7.99. The average molecular weight is 314 g/mol. The van der Waals surface area contributed by atoms with Crippen LogP contribution in [-0.2, 0) is 16.0 Å². The van der Waals surface area contributed by atoms with Crippen molar-refractivity contribution >= 4 is 22.8 Å². The molecule has 1 aliphatic heterocycles.